The predicted molar refractivity (Wildman–Crippen MR) is 72.3 cm³/mol. The Morgan fingerprint density at radius 2 is 1.63 bits per heavy atom. The molecule has 2 aromatic rings. The minimum absolute atomic E-state index is 0.0146. The Hall–Kier alpha value is -2.49. The van der Waals surface area contributed by atoms with Crippen molar-refractivity contribution in [2.45, 2.75) is 12.8 Å². The third-order valence-corrected chi connectivity index (χ3v) is 3.05. The van der Waals surface area contributed by atoms with Gasteiger partial charge in [0, 0.05) is 17.2 Å². The molecule has 0 aliphatic heterocycles. The molecule has 0 N–H and O–H groups in total. The van der Waals surface area contributed by atoms with Gasteiger partial charge in [-0.3, -0.25) is 14.9 Å². The number of nitro benzene ring substituents is 1. The van der Waals surface area contributed by atoms with Crippen LogP contribution in [0, 0.1) is 10.1 Å². The van der Waals surface area contributed by atoms with Gasteiger partial charge in [0.25, 0.3) is 5.69 Å². The zero-order valence-electron chi connectivity index (χ0n) is 10.4. The van der Waals surface area contributed by atoms with Crippen molar-refractivity contribution >= 4 is 11.5 Å². The fourth-order valence-corrected chi connectivity index (χ4v) is 2.01. The highest BCUT2D eigenvalue weighted by Gasteiger charge is 2.24. The normalized spacial score (nSPS) is 11.8. The molecule has 4 nitrogen and oxygen atoms in total. The lowest BCUT2D eigenvalue weighted by molar-refractivity contribution is -0.385. The number of hydrogen-bond donors (Lipinski definition) is 0. The summed E-state index contributed by atoms with van der Waals surface area (Å²) in [5, 5.41) is 11.0. The van der Waals surface area contributed by atoms with Crippen LogP contribution in [0.15, 0.2) is 54.6 Å². The molecule has 0 fully saturated rings. The fraction of sp³-hybridized carbons (Fsp3) is 0.133. The summed E-state index contributed by atoms with van der Waals surface area (Å²) in [6.07, 6.45) is 0. The molecule has 0 heterocycles. The highest BCUT2D eigenvalue weighted by Crippen LogP contribution is 2.28. The molecule has 0 saturated carbocycles. The van der Waals surface area contributed by atoms with Crippen LogP contribution >= 0.6 is 0 Å². The summed E-state index contributed by atoms with van der Waals surface area (Å²) in [7, 11) is 0. The summed E-state index contributed by atoms with van der Waals surface area (Å²) in [4.78, 5) is 22.8. The van der Waals surface area contributed by atoms with E-state index in [2.05, 4.69) is 0 Å². The Labute approximate surface area is 110 Å². The van der Waals surface area contributed by atoms with E-state index in [1.54, 1.807) is 49.4 Å². The van der Waals surface area contributed by atoms with Crippen molar-refractivity contribution in [2.75, 3.05) is 0 Å². The molecule has 2 aromatic carbocycles. The number of rotatable bonds is 4. The van der Waals surface area contributed by atoms with E-state index >= 15 is 0 Å². The first-order valence-corrected chi connectivity index (χ1v) is 5.94. The summed E-state index contributed by atoms with van der Waals surface area (Å²) in [6, 6.07) is 15.2. The van der Waals surface area contributed by atoms with Crippen LogP contribution in [0.2, 0.25) is 0 Å². The number of ketones is 1. The Bertz CT molecular complexity index is 608. The van der Waals surface area contributed by atoms with Crippen LogP contribution in [0.25, 0.3) is 0 Å². The van der Waals surface area contributed by atoms with Gasteiger partial charge in [-0.05, 0) is 0 Å². The average molecular weight is 255 g/mol. The molecule has 4 heteroatoms. The van der Waals surface area contributed by atoms with E-state index in [4.69, 9.17) is 0 Å². The smallest absolute Gasteiger partial charge is 0.273 e. The van der Waals surface area contributed by atoms with Crippen molar-refractivity contribution in [1.29, 1.82) is 0 Å². The maximum atomic E-state index is 12.3. The van der Waals surface area contributed by atoms with Crippen molar-refractivity contribution in [1.82, 2.24) is 0 Å². The number of nitrogens with zero attached hydrogens (tertiary/aromatic N) is 1. The molecule has 0 aliphatic rings. The molecular formula is C15H13NO3. The first-order chi connectivity index (χ1) is 9.11. The van der Waals surface area contributed by atoms with E-state index in [1.165, 1.54) is 6.07 Å². The van der Waals surface area contributed by atoms with Gasteiger partial charge in [0.2, 0.25) is 0 Å². The second-order valence-electron chi connectivity index (χ2n) is 4.27. The lowest BCUT2D eigenvalue weighted by Crippen LogP contribution is -2.11. The Morgan fingerprint density at radius 1 is 1.05 bits per heavy atom. The minimum atomic E-state index is -0.538. The highest BCUT2D eigenvalue weighted by molar-refractivity contribution is 6.01. The van der Waals surface area contributed by atoms with E-state index in [0.717, 1.165) is 0 Å². The molecule has 0 amide bonds. The van der Waals surface area contributed by atoms with Crippen molar-refractivity contribution in [3.63, 3.8) is 0 Å². The Kier molecular flexibility index (Phi) is 3.71. The number of benzene rings is 2. The van der Waals surface area contributed by atoms with E-state index in [-0.39, 0.29) is 11.5 Å². The third-order valence-electron chi connectivity index (χ3n) is 3.05. The summed E-state index contributed by atoms with van der Waals surface area (Å²) >= 11 is 0. The monoisotopic (exact) mass is 255 g/mol. The van der Waals surface area contributed by atoms with Gasteiger partial charge in [0.1, 0.15) is 0 Å². The highest BCUT2D eigenvalue weighted by atomic mass is 16.6. The molecule has 0 radical (unpaired) electrons. The Balaban J connectivity index is 2.38. The molecule has 0 spiro atoms. The number of Topliss-reactive ketones (excluding diaryl/α,β-unsaturated/α-hetero) is 1. The van der Waals surface area contributed by atoms with Crippen LogP contribution in [0.5, 0.6) is 0 Å². The summed E-state index contributed by atoms with van der Waals surface area (Å²) in [6.45, 7) is 1.69. The maximum absolute atomic E-state index is 12.3. The van der Waals surface area contributed by atoms with Gasteiger partial charge in [-0.15, -0.1) is 0 Å². The molecule has 1 atom stereocenters. The number of nitro groups is 1. The second kappa shape index (κ2) is 5.44. The average Bonchev–Trinajstić information content (AvgIpc) is 2.46. The first-order valence-electron chi connectivity index (χ1n) is 5.94. The Morgan fingerprint density at radius 3 is 2.26 bits per heavy atom. The minimum Gasteiger partial charge on any atom is -0.294 e. The topological polar surface area (TPSA) is 60.2 Å². The summed E-state index contributed by atoms with van der Waals surface area (Å²) in [5.74, 6) is -0.654. The van der Waals surface area contributed by atoms with Crippen molar-refractivity contribution in [2.24, 2.45) is 0 Å². The van der Waals surface area contributed by atoms with E-state index in [9.17, 15) is 14.9 Å². The van der Waals surface area contributed by atoms with E-state index in [0.29, 0.717) is 11.1 Å². The molecule has 0 bridgehead atoms. The second-order valence-corrected chi connectivity index (χ2v) is 4.27. The van der Waals surface area contributed by atoms with Gasteiger partial charge >= 0.3 is 0 Å². The molecule has 0 aliphatic carbocycles. The predicted octanol–water partition coefficient (Wildman–Crippen LogP) is 3.58. The van der Waals surface area contributed by atoms with Crippen LogP contribution < -0.4 is 0 Å². The van der Waals surface area contributed by atoms with Crippen LogP contribution in [0.3, 0.4) is 0 Å². The molecule has 0 saturated heterocycles. The quantitative estimate of drug-likeness (QED) is 0.476. The molecular weight excluding hydrogens is 242 g/mol. The van der Waals surface area contributed by atoms with Crippen LogP contribution in [0.1, 0.15) is 28.8 Å². The van der Waals surface area contributed by atoms with Crippen LogP contribution in [-0.4, -0.2) is 10.7 Å². The lowest BCUT2D eigenvalue weighted by atomic mass is 9.91. The maximum Gasteiger partial charge on any atom is 0.273 e. The molecule has 1 unspecified atom stereocenters. The van der Waals surface area contributed by atoms with Gasteiger partial charge in [-0.1, -0.05) is 55.5 Å². The van der Waals surface area contributed by atoms with Gasteiger partial charge in [-0.2, -0.15) is 0 Å². The van der Waals surface area contributed by atoms with Gasteiger partial charge in [-0.25, -0.2) is 0 Å². The standard InChI is InChI=1S/C15H13NO3/c1-11(15(17)12-7-3-2-4-8-12)13-9-5-6-10-14(13)16(18)19/h2-11H,1H3. The van der Waals surface area contributed by atoms with Crippen molar-refractivity contribution in [3.8, 4) is 0 Å². The fourth-order valence-electron chi connectivity index (χ4n) is 2.01. The van der Waals surface area contributed by atoms with E-state index < -0.39 is 10.8 Å². The number of carbonyl (C=O) groups excluding carboxylic acids is 1. The van der Waals surface area contributed by atoms with Crippen molar-refractivity contribution < 1.29 is 9.72 Å². The third kappa shape index (κ3) is 2.68. The van der Waals surface area contributed by atoms with Gasteiger partial charge < -0.3 is 0 Å². The van der Waals surface area contributed by atoms with Crippen LogP contribution in [-0.2, 0) is 0 Å². The molecule has 2 rings (SSSR count). The number of para-hydroxylation sites is 1. The molecule has 19 heavy (non-hydrogen) atoms. The van der Waals surface area contributed by atoms with Crippen molar-refractivity contribution in [3.05, 3.63) is 75.8 Å². The lowest BCUT2D eigenvalue weighted by Gasteiger charge is -2.11. The number of hydrogen-bond acceptors (Lipinski definition) is 3. The van der Waals surface area contributed by atoms with Gasteiger partial charge in [0.05, 0.1) is 10.8 Å². The summed E-state index contributed by atoms with van der Waals surface area (Å²) < 4.78 is 0. The first kappa shape index (κ1) is 13.0. The van der Waals surface area contributed by atoms with Crippen LogP contribution in [0.4, 0.5) is 5.69 Å². The van der Waals surface area contributed by atoms with Gasteiger partial charge in [0.15, 0.2) is 5.78 Å². The molecule has 0 aromatic heterocycles. The SMILES string of the molecule is CC(C(=O)c1ccccc1)c1ccccc1[N+](=O)[O-]. The zero-order chi connectivity index (χ0) is 13.8. The number of carbonyl (C=O) groups is 1. The zero-order valence-corrected chi connectivity index (χ0v) is 10.4. The van der Waals surface area contributed by atoms with E-state index in [1.807, 2.05) is 6.07 Å². The largest absolute Gasteiger partial charge is 0.294 e. The summed E-state index contributed by atoms with van der Waals surface area (Å²) in [5.41, 5.74) is 0.994. The molecule has 96 valence electrons.